The van der Waals surface area contributed by atoms with E-state index in [9.17, 15) is 14.4 Å². The maximum Gasteiger partial charge on any atom is 0.306 e. The first kappa shape index (κ1) is 19.0. The number of benzene rings is 1. The van der Waals surface area contributed by atoms with Crippen molar-refractivity contribution in [3.8, 4) is 0 Å². The minimum absolute atomic E-state index is 0.0377. The minimum Gasteiger partial charge on any atom is -0.469 e. The van der Waals surface area contributed by atoms with Gasteiger partial charge in [0.15, 0.2) is 0 Å². The van der Waals surface area contributed by atoms with Crippen LogP contribution in [0.25, 0.3) is 0 Å². The minimum atomic E-state index is -0.371. The van der Waals surface area contributed by atoms with Gasteiger partial charge in [-0.25, -0.2) is 0 Å². The van der Waals surface area contributed by atoms with E-state index < -0.39 is 0 Å². The van der Waals surface area contributed by atoms with Crippen LogP contribution in [-0.2, 0) is 14.3 Å². The number of likely N-dealkylation sites (tertiary alicyclic amines) is 1. The maximum absolute atomic E-state index is 12.4. The van der Waals surface area contributed by atoms with Crippen LogP contribution in [0, 0.1) is 13.8 Å². The molecule has 2 rings (SSSR count). The number of aryl methyl sites for hydroxylation is 2. The molecule has 0 radical (unpaired) electrons. The normalized spacial score (nSPS) is 14.9. The summed E-state index contributed by atoms with van der Waals surface area (Å²) in [6.07, 6.45) is 1.73. The van der Waals surface area contributed by atoms with Crippen LogP contribution in [-0.4, -0.2) is 48.9 Å². The van der Waals surface area contributed by atoms with E-state index in [0.717, 1.165) is 24.0 Å². The summed E-state index contributed by atoms with van der Waals surface area (Å²) >= 11 is 0. The highest BCUT2D eigenvalue weighted by Crippen LogP contribution is 2.14. The van der Waals surface area contributed by atoms with Gasteiger partial charge in [-0.05, 0) is 49.9 Å². The fourth-order valence-corrected chi connectivity index (χ4v) is 2.89. The first-order valence-electron chi connectivity index (χ1n) is 8.63. The maximum atomic E-state index is 12.4. The number of ether oxygens (including phenoxy) is 1. The molecule has 25 heavy (non-hydrogen) atoms. The average Bonchev–Trinajstić information content (AvgIpc) is 2.62. The zero-order chi connectivity index (χ0) is 18.4. The summed E-state index contributed by atoms with van der Waals surface area (Å²) in [7, 11) is 1.32. The van der Waals surface area contributed by atoms with E-state index in [2.05, 4.69) is 10.1 Å². The molecule has 136 valence electrons. The van der Waals surface area contributed by atoms with Crippen molar-refractivity contribution in [1.82, 2.24) is 10.2 Å². The van der Waals surface area contributed by atoms with Gasteiger partial charge in [0.05, 0.1) is 13.5 Å². The molecule has 1 aliphatic heterocycles. The van der Waals surface area contributed by atoms with Gasteiger partial charge in [-0.15, -0.1) is 0 Å². The van der Waals surface area contributed by atoms with Gasteiger partial charge in [0.1, 0.15) is 0 Å². The lowest BCUT2D eigenvalue weighted by molar-refractivity contribution is -0.143. The number of carbonyl (C=O) groups excluding carboxylic acids is 3. The molecule has 1 saturated heterocycles. The number of methoxy groups -OCH3 is 1. The van der Waals surface area contributed by atoms with E-state index in [-0.39, 0.29) is 36.7 Å². The van der Waals surface area contributed by atoms with Gasteiger partial charge in [0.2, 0.25) is 5.91 Å². The van der Waals surface area contributed by atoms with Gasteiger partial charge >= 0.3 is 5.97 Å². The monoisotopic (exact) mass is 346 g/mol. The summed E-state index contributed by atoms with van der Waals surface area (Å²) in [6, 6.07) is 5.75. The van der Waals surface area contributed by atoms with Crippen molar-refractivity contribution in [2.45, 2.75) is 45.6 Å². The highest BCUT2D eigenvalue weighted by molar-refractivity contribution is 5.94. The summed E-state index contributed by atoms with van der Waals surface area (Å²) in [4.78, 5) is 37.3. The van der Waals surface area contributed by atoms with E-state index in [1.54, 1.807) is 4.90 Å². The van der Waals surface area contributed by atoms with Crippen LogP contribution >= 0.6 is 0 Å². The molecule has 0 bridgehead atoms. The van der Waals surface area contributed by atoms with Crippen LogP contribution in [0.2, 0.25) is 0 Å². The Bertz CT molecular complexity index is 649. The van der Waals surface area contributed by atoms with E-state index in [0.29, 0.717) is 18.7 Å². The second kappa shape index (κ2) is 8.65. The van der Waals surface area contributed by atoms with Gasteiger partial charge in [-0.1, -0.05) is 6.07 Å². The molecule has 1 N–H and O–H groups in total. The van der Waals surface area contributed by atoms with E-state index in [4.69, 9.17) is 0 Å². The highest BCUT2D eigenvalue weighted by Gasteiger charge is 2.24. The van der Waals surface area contributed by atoms with Crippen molar-refractivity contribution in [2.24, 2.45) is 0 Å². The molecule has 0 atom stereocenters. The predicted octanol–water partition coefficient (Wildman–Crippen LogP) is 1.98. The topological polar surface area (TPSA) is 75.7 Å². The molecule has 0 aliphatic carbocycles. The second-order valence-electron chi connectivity index (χ2n) is 6.50. The van der Waals surface area contributed by atoms with Crippen LogP contribution in [0.4, 0.5) is 0 Å². The van der Waals surface area contributed by atoms with Crippen LogP contribution in [0.15, 0.2) is 18.2 Å². The summed E-state index contributed by atoms with van der Waals surface area (Å²) in [5, 5.41) is 3.05. The Balaban J connectivity index is 1.79. The lowest BCUT2D eigenvalue weighted by Gasteiger charge is -2.32. The molecule has 6 nitrogen and oxygen atoms in total. The molecule has 0 aromatic heterocycles. The number of nitrogens with zero attached hydrogens (tertiary/aromatic N) is 1. The van der Waals surface area contributed by atoms with Gasteiger partial charge in [-0.2, -0.15) is 0 Å². The Morgan fingerprint density at radius 3 is 2.40 bits per heavy atom. The molecule has 0 spiro atoms. The van der Waals surface area contributed by atoms with E-state index in [1.807, 2.05) is 32.0 Å². The Morgan fingerprint density at radius 1 is 1.12 bits per heavy atom. The van der Waals surface area contributed by atoms with Crippen LogP contribution in [0.1, 0.15) is 47.2 Å². The molecule has 0 unspecified atom stereocenters. The van der Waals surface area contributed by atoms with Crippen molar-refractivity contribution in [3.63, 3.8) is 0 Å². The summed E-state index contributed by atoms with van der Waals surface area (Å²) in [6.45, 7) is 5.20. The first-order chi connectivity index (χ1) is 11.9. The second-order valence-corrected chi connectivity index (χ2v) is 6.50. The summed E-state index contributed by atoms with van der Waals surface area (Å²) < 4.78 is 4.55. The number of carbonyl (C=O) groups is 3. The fraction of sp³-hybridized carbons (Fsp3) is 0.526. The quantitative estimate of drug-likeness (QED) is 0.827. The fourth-order valence-electron chi connectivity index (χ4n) is 2.89. The number of rotatable bonds is 5. The summed E-state index contributed by atoms with van der Waals surface area (Å²) in [5.74, 6) is -0.480. The molecule has 1 aliphatic rings. The van der Waals surface area contributed by atoms with Crippen molar-refractivity contribution in [2.75, 3.05) is 20.2 Å². The standard InChI is InChI=1S/C19H26N2O4/c1-13-4-5-15(12-14(13)2)19(24)20-16-8-10-21(11-9-16)17(22)6-7-18(23)25-3/h4-5,12,16H,6-11H2,1-3H3,(H,20,24). The molecule has 0 saturated carbocycles. The third-order valence-electron chi connectivity index (χ3n) is 4.72. The van der Waals surface area contributed by atoms with Crippen molar-refractivity contribution >= 4 is 17.8 Å². The van der Waals surface area contributed by atoms with Crippen LogP contribution in [0.3, 0.4) is 0 Å². The van der Waals surface area contributed by atoms with E-state index >= 15 is 0 Å². The van der Waals surface area contributed by atoms with Crippen LogP contribution in [0.5, 0.6) is 0 Å². The number of nitrogens with one attached hydrogen (secondary N) is 1. The lowest BCUT2D eigenvalue weighted by Crippen LogP contribution is -2.46. The number of amides is 2. The van der Waals surface area contributed by atoms with Crippen molar-refractivity contribution in [1.29, 1.82) is 0 Å². The number of piperidine rings is 1. The SMILES string of the molecule is COC(=O)CCC(=O)N1CCC(NC(=O)c2ccc(C)c(C)c2)CC1. The van der Waals surface area contributed by atoms with Crippen molar-refractivity contribution < 1.29 is 19.1 Å². The predicted molar refractivity (Wildman–Crippen MR) is 94.2 cm³/mol. The molecule has 1 fully saturated rings. The Labute approximate surface area is 148 Å². The van der Waals surface area contributed by atoms with Gasteiger partial charge in [-0.3, -0.25) is 14.4 Å². The number of esters is 1. The first-order valence-corrected chi connectivity index (χ1v) is 8.63. The zero-order valence-electron chi connectivity index (χ0n) is 15.1. The van der Waals surface area contributed by atoms with Gasteiger partial charge in [0, 0.05) is 31.1 Å². The molecule has 2 amide bonds. The molecular formula is C19H26N2O4. The molecule has 6 heteroatoms. The largest absolute Gasteiger partial charge is 0.469 e. The Morgan fingerprint density at radius 2 is 1.80 bits per heavy atom. The van der Waals surface area contributed by atoms with Crippen LogP contribution < -0.4 is 5.32 Å². The highest BCUT2D eigenvalue weighted by atomic mass is 16.5. The average molecular weight is 346 g/mol. The lowest BCUT2D eigenvalue weighted by atomic mass is 10.0. The zero-order valence-corrected chi connectivity index (χ0v) is 15.1. The van der Waals surface area contributed by atoms with Gasteiger partial charge in [0.25, 0.3) is 5.91 Å². The number of hydrogen-bond donors (Lipinski definition) is 1. The van der Waals surface area contributed by atoms with Crippen molar-refractivity contribution in [3.05, 3.63) is 34.9 Å². The molecular weight excluding hydrogens is 320 g/mol. The third kappa shape index (κ3) is 5.31. The smallest absolute Gasteiger partial charge is 0.306 e. The molecule has 1 heterocycles. The summed E-state index contributed by atoms with van der Waals surface area (Å²) in [5.41, 5.74) is 2.92. The Kier molecular flexibility index (Phi) is 6.56. The third-order valence-corrected chi connectivity index (χ3v) is 4.72. The van der Waals surface area contributed by atoms with E-state index in [1.165, 1.54) is 7.11 Å². The molecule has 1 aromatic rings. The molecule has 1 aromatic carbocycles. The van der Waals surface area contributed by atoms with Gasteiger partial charge < -0.3 is 15.0 Å². The number of hydrogen-bond acceptors (Lipinski definition) is 4. The Hall–Kier alpha value is -2.37.